The number of fused-ring (bicyclic) bond motifs is 12. The molecule has 0 aliphatic heterocycles. The lowest BCUT2D eigenvalue weighted by Gasteiger charge is -2.49. The zero-order valence-electron chi connectivity index (χ0n) is 69.1. The summed E-state index contributed by atoms with van der Waals surface area (Å²) in [6.45, 7) is 72.2. The molecule has 0 heteroatoms. The zero-order valence-corrected chi connectivity index (χ0v) is 69.1. The molecule has 4 aliphatic carbocycles. The molecule has 0 N–H and O–H groups in total. The average Bonchev–Trinajstić information content (AvgIpc) is 0.730. The summed E-state index contributed by atoms with van der Waals surface area (Å²) in [5.74, 6) is 0. The van der Waals surface area contributed by atoms with Crippen LogP contribution in [0, 0.1) is 104 Å². The average molecular weight is 1360 g/mol. The standard InChI is InChI=1S/4C21H26.C19H16/c2*1-13-12-17-16-10-8-9-11-18(16)20(4,5)21(6,7)19(17)15(3)14(13)2;2*1-13-12-18-19(15(3)14(13)2)16-10-8-9-11-17(16)20(4,5)21(18,6)7;1-11-12(2)16-9-7-14-5-4-6-15-8-10-17(13(11)3)19(16)18(14)15/h4*8-12H,1-7H3;4-10H,1-3H3. The van der Waals surface area contributed by atoms with Crippen LogP contribution in [0.5, 0.6) is 0 Å². The Kier molecular flexibility index (Phi) is 18.4. The van der Waals surface area contributed by atoms with Crippen molar-refractivity contribution >= 4 is 32.3 Å². The van der Waals surface area contributed by atoms with E-state index in [1.807, 2.05) is 0 Å². The van der Waals surface area contributed by atoms with Gasteiger partial charge in [-0.15, -0.1) is 0 Å². The first-order valence-corrected chi connectivity index (χ1v) is 38.4. The fourth-order valence-corrected chi connectivity index (χ4v) is 19.1. The first-order valence-electron chi connectivity index (χ1n) is 38.4. The molecular formula is C103H120. The molecule has 532 valence electrons. The molecule has 0 bridgehead atoms. The normalized spacial score (nSPS) is 16.9. The van der Waals surface area contributed by atoms with E-state index in [1.54, 1.807) is 0 Å². The monoisotopic (exact) mass is 1360 g/mol. The number of hydrogen-bond donors (Lipinski definition) is 0. The predicted octanol–water partition coefficient (Wildman–Crippen LogP) is 28.9. The SMILES string of the molecule is Cc1c(C)c2ccc3cccc4ccc(c1C)c2c34.Cc1cc2c(c(C)c1C)-c1ccccc1C(C)(C)C2(C)C.Cc1cc2c(c(C)c1C)-c1ccccc1C(C)(C)C2(C)C.Cc1cc2c(c(C)c1C)C(C)(C)C(C)(C)c1ccccc1-2.Cc1cc2c(c(C)c1C)C(C)(C)C(C)(C)c1ccccc1-2. The maximum absolute atomic E-state index is 2.43. The van der Waals surface area contributed by atoms with Gasteiger partial charge in [-0.25, -0.2) is 0 Å². The summed E-state index contributed by atoms with van der Waals surface area (Å²) in [6.07, 6.45) is 0. The van der Waals surface area contributed by atoms with Crippen molar-refractivity contribution in [3.8, 4) is 44.5 Å². The molecule has 0 amide bonds. The van der Waals surface area contributed by atoms with E-state index in [0.29, 0.717) is 0 Å². The molecule has 12 aromatic rings. The van der Waals surface area contributed by atoms with E-state index in [9.17, 15) is 0 Å². The van der Waals surface area contributed by atoms with Crippen LogP contribution in [0.2, 0.25) is 0 Å². The van der Waals surface area contributed by atoms with Gasteiger partial charge in [0.2, 0.25) is 0 Å². The molecule has 0 aromatic heterocycles. The summed E-state index contributed by atoms with van der Waals surface area (Å²) in [5.41, 5.74) is 46.0. The largest absolute Gasteiger partial charge is 0.0619 e. The summed E-state index contributed by atoms with van der Waals surface area (Å²) in [5, 5.41) is 8.36. The fourth-order valence-electron chi connectivity index (χ4n) is 19.1. The second kappa shape index (κ2) is 25.5. The minimum atomic E-state index is 0.124. The Labute approximate surface area is 622 Å². The molecule has 16 rings (SSSR count). The molecule has 4 aliphatic rings. The van der Waals surface area contributed by atoms with Crippen molar-refractivity contribution < 1.29 is 0 Å². The Morgan fingerprint density at radius 3 is 0.796 bits per heavy atom. The first kappa shape index (κ1) is 74.4. The Bertz CT molecular complexity index is 5080. The van der Waals surface area contributed by atoms with Crippen LogP contribution in [0.3, 0.4) is 0 Å². The van der Waals surface area contributed by atoms with E-state index in [0.717, 1.165) is 0 Å². The molecule has 103 heavy (non-hydrogen) atoms. The van der Waals surface area contributed by atoms with Crippen molar-refractivity contribution in [1.29, 1.82) is 0 Å². The van der Waals surface area contributed by atoms with Gasteiger partial charge in [0.25, 0.3) is 0 Å². The lowest BCUT2D eigenvalue weighted by molar-refractivity contribution is 0.297. The Morgan fingerprint density at radius 1 is 0.184 bits per heavy atom. The van der Waals surface area contributed by atoms with E-state index < -0.39 is 0 Å². The van der Waals surface area contributed by atoms with Crippen LogP contribution < -0.4 is 0 Å². The summed E-state index contributed by atoms with van der Waals surface area (Å²) in [4.78, 5) is 0. The van der Waals surface area contributed by atoms with Gasteiger partial charge in [-0.3, -0.25) is 0 Å². The van der Waals surface area contributed by atoms with Gasteiger partial charge in [-0.1, -0.05) is 275 Å². The minimum absolute atomic E-state index is 0.124. The van der Waals surface area contributed by atoms with Gasteiger partial charge in [0.15, 0.2) is 0 Å². The van der Waals surface area contributed by atoms with Crippen LogP contribution in [0.4, 0.5) is 0 Å². The number of hydrogen-bond acceptors (Lipinski definition) is 0. The molecule has 0 fully saturated rings. The third kappa shape index (κ3) is 11.0. The molecule has 0 atom stereocenters. The van der Waals surface area contributed by atoms with Gasteiger partial charge in [0.05, 0.1) is 0 Å². The molecule has 0 unspecified atom stereocenters. The second-order valence-corrected chi connectivity index (χ2v) is 36.2. The van der Waals surface area contributed by atoms with Crippen molar-refractivity contribution in [3.05, 3.63) is 292 Å². The van der Waals surface area contributed by atoms with E-state index >= 15 is 0 Å². The van der Waals surface area contributed by atoms with Crippen LogP contribution in [0.1, 0.15) is 239 Å². The molecule has 0 saturated carbocycles. The second-order valence-electron chi connectivity index (χ2n) is 36.2. The maximum atomic E-state index is 2.43. The number of benzene rings is 12. The molecule has 0 radical (unpaired) electrons. The van der Waals surface area contributed by atoms with Crippen molar-refractivity contribution in [1.82, 2.24) is 0 Å². The Balaban J connectivity index is 0.000000121. The third-order valence-electron chi connectivity index (χ3n) is 29.7. The third-order valence-corrected chi connectivity index (χ3v) is 29.7. The highest BCUT2D eigenvalue weighted by molar-refractivity contribution is 6.24. The minimum Gasteiger partial charge on any atom is -0.0619 e. The van der Waals surface area contributed by atoms with Gasteiger partial charge >= 0.3 is 0 Å². The van der Waals surface area contributed by atoms with E-state index in [2.05, 4.69) is 378 Å². The van der Waals surface area contributed by atoms with E-state index in [4.69, 9.17) is 0 Å². The Morgan fingerprint density at radius 2 is 0.456 bits per heavy atom. The summed E-state index contributed by atoms with van der Waals surface area (Å²) < 4.78 is 0. The fraction of sp³-hybridized carbons (Fsp3) is 0.379. The van der Waals surface area contributed by atoms with Gasteiger partial charge in [-0.05, 0) is 352 Å². The molecule has 0 spiro atoms. The van der Waals surface area contributed by atoms with Crippen molar-refractivity contribution in [2.45, 2.75) is 258 Å². The zero-order chi connectivity index (χ0) is 75.5. The van der Waals surface area contributed by atoms with Gasteiger partial charge in [0, 0.05) is 0 Å². The lowest BCUT2D eigenvalue weighted by atomic mass is 9.54. The highest BCUT2D eigenvalue weighted by Crippen LogP contribution is 2.60. The summed E-state index contributed by atoms with van der Waals surface area (Å²) >= 11 is 0. The summed E-state index contributed by atoms with van der Waals surface area (Å²) in [6, 6.07) is 61.1. The van der Waals surface area contributed by atoms with Crippen molar-refractivity contribution in [2.24, 2.45) is 0 Å². The predicted molar refractivity (Wildman–Crippen MR) is 453 cm³/mol. The first-order chi connectivity index (χ1) is 48.0. The Hall–Kier alpha value is -8.32. The van der Waals surface area contributed by atoms with Crippen molar-refractivity contribution in [3.63, 3.8) is 0 Å². The highest BCUT2D eigenvalue weighted by atomic mass is 14.5. The van der Waals surface area contributed by atoms with Gasteiger partial charge in [0.1, 0.15) is 0 Å². The molecule has 0 heterocycles. The number of rotatable bonds is 0. The van der Waals surface area contributed by atoms with Crippen molar-refractivity contribution in [2.75, 3.05) is 0 Å². The smallest absolute Gasteiger partial charge is 0.000296 e. The van der Waals surface area contributed by atoms with Crippen LogP contribution in [0.25, 0.3) is 76.8 Å². The maximum Gasteiger partial charge on any atom is -0.000296 e. The lowest BCUT2D eigenvalue weighted by Crippen LogP contribution is -2.44. The van der Waals surface area contributed by atoms with Crippen LogP contribution in [-0.4, -0.2) is 0 Å². The topological polar surface area (TPSA) is 0 Å². The number of aryl methyl sites for hydroxylation is 6. The summed E-state index contributed by atoms with van der Waals surface area (Å²) in [7, 11) is 0. The van der Waals surface area contributed by atoms with E-state index in [1.165, 1.54) is 205 Å². The molecule has 0 nitrogen and oxygen atoms in total. The molecule has 0 saturated heterocycles. The van der Waals surface area contributed by atoms with Crippen LogP contribution in [0.15, 0.2) is 164 Å². The van der Waals surface area contributed by atoms with Gasteiger partial charge < -0.3 is 0 Å². The quantitative estimate of drug-likeness (QED) is 0.133. The van der Waals surface area contributed by atoms with Crippen LogP contribution in [-0.2, 0) is 43.3 Å². The van der Waals surface area contributed by atoms with Crippen LogP contribution >= 0.6 is 0 Å². The highest BCUT2D eigenvalue weighted by Gasteiger charge is 2.50. The molecular weight excluding hydrogens is 1240 g/mol. The van der Waals surface area contributed by atoms with Gasteiger partial charge in [-0.2, -0.15) is 0 Å². The molecule has 12 aromatic carbocycles. The van der Waals surface area contributed by atoms with E-state index in [-0.39, 0.29) is 43.3 Å².